The summed E-state index contributed by atoms with van der Waals surface area (Å²) < 4.78 is 0.638. The molecule has 1 rings (SSSR count). The molecular weight excluding hydrogens is 305 g/mol. The second-order valence-electron chi connectivity index (χ2n) is 5.51. The molecule has 0 radical (unpaired) electrons. The Morgan fingerprint density at radius 1 is 1.27 bits per heavy atom. The van der Waals surface area contributed by atoms with E-state index < -0.39 is 0 Å². The number of hydroxylamine groups is 2. The maximum absolute atomic E-state index is 11.1. The highest BCUT2D eigenvalue weighted by molar-refractivity contribution is 14.1. The van der Waals surface area contributed by atoms with Gasteiger partial charge in [0.2, 0.25) is 0 Å². The van der Waals surface area contributed by atoms with Gasteiger partial charge in [-0.15, -0.1) is 5.06 Å². The van der Waals surface area contributed by atoms with Crippen molar-refractivity contribution in [1.82, 2.24) is 5.06 Å². The van der Waals surface area contributed by atoms with E-state index in [0.717, 1.165) is 12.8 Å². The minimum atomic E-state index is -0.233. The number of rotatable bonds is 1. The van der Waals surface area contributed by atoms with Crippen molar-refractivity contribution in [2.24, 2.45) is 0 Å². The minimum absolute atomic E-state index is 0.0841. The number of hydrogen-bond acceptors (Lipinski definition) is 3. The van der Waals surface area contributed by atoms with Gasteiger partial charge >= 0.3 is 5.97 Å². The van der Waals surface area contributed by atoms with Crippen LogP contribution in [-0.2, 0) is 9.63 Å². The number of carbonyl (C=O) groups is 1. The van der Waals surface area contributed by atoms with Crippen LogP contribution in [0.25, 0.3) is 0 Å². The molecule has 0 aromatic rings. The number of halogens is 1. The van der Waals surface area contributed by atoms with Crippen LogP contribution in [0.4, 0.5) is 0 Å². The van der Waals surface area contributed by atoms with Crippen LogP contribution in [0.2, 0.25) is 0 Å². The van der Waals surface area contributed by atoms with Crippen LogP contribution >= 0.6 is 22.6 Å². The maximum Gasteiger partial charge on any atom is 0.322 e. The quantitative estimate of drug-likeness (QED) is 0.548. The summed E-state index contributed by atoms with van der Waals surface area (Å²) in [5, 5.41) is 1.87. The summed E-state index contributed by atoms with van der Waals surface area (Å²) in [6, 6.07) is 0. The first-order valence-corrected chi connectivity index (χ1v) is 6.53. The minimum Gasteiger partial charge on any atom is -0.367 e. The van der Waals surface area contributed by atoms with E-state index in [-0.39, 0.29) is 17.0 Å². The second kappa shape index (κ2) is 4.20. The average Bonchev–Trinajstić information content (AvgIpc) is 1.94. The molecule has 4 heteroatoms. The highest BCUT2D eigenvalue weighted by atomic mass is 127. The van der Waals surface area contributed by atoms with E-state index in [2.05, 4.69) is 50.3 Å². The van der Waals surface area contributed by atoms with Crippen molar-refractivity contribution in [3.63, 3.8) is 0 Å². The predicted molar refractivity (Wildman–Crippen MR) is 68.8 cm³/mol. The molecule has 0 aromatic carbocycles. The summed E-state index contributed by atoms with van der Waals surface area (Å²) in [6.07, 6.45) is 2.09. The van der Waals surface area contributed by atoms with Crippen molar-refractivity contribution >= 4 is 28.6 Å². The number of alkyl halides is 1. The summed E-state index contributed by atoms with van der Waals surface area (Å²) in [6.45, 7) is 9.97. The smallest absolute Gasteiger partial charge is 0.322 e. The largest absolute Gasteiger partial charge is 0.367 e. The van der Waals surface area contributed by atoms with Crippen LogP contribution < -0.4 is 0 Å². The third-order valence-corrected chi connectivity index (χ3v) is 3.64. The van der Waals surface area contributed by atoms with Gasteiger partial charge in [-0.05, 0) is 40.5 Å². The van der Waals surface area contributed by atoms with E-state index in [0.29, 0.717) is 3.92 Å². The summed E-state index contributed by atoms with van der Waals surface area (Å²) in [5.41, 5.74) is -0.168. The van der Waals surface area contributed by atoms with Crippen molar-refractivity contribution in [1.29, 1.82) is 0 Å². The lowest BCUT2D eigenvalue weighted by molar-refractivity contribution is -0.262. The third-order valence-electron chi connectivity index (χ3n) is 2.76. The Kier molecular flexibility index (Phi) is 3.70. The number of hydrogen-bond donors (Lipinski definition) is 0. The highest BCUT2D eigenvalue weighted by Crippen LogP contribution is 2.41. The molecular formula is C11H20INO2. The molecule has 0 atom stereocenters. The molecule has 1 aliphatic heterocycles. The topological polar surface area (TPSA) is 29.5 Å². The van der Waals surface area contributed by atoms with Crippen molar-refractivity contribution in [3.8, 4) is 0 Å². The maximum atomic E-state index is 11.1. The van der Waals surface area contributed by atoms with Crippen LogP contribution in [0.15, 0.2) is 0 Å². The Morgan fingerprint density at radius 3 is 2.00 bits per heavy atom. The first kappa shape index (κ1) is 13.2. The van der Waals surface area contributed by atoms with Gasteiger partial charge in [0.1, 0.15) is 0 Å². The van der Waals surface area contributed by atoms with Crippen molar-refractivity contribution < 1.29 is 9.63 Å². The molecule has 0 N–H and O–H groups in total. The van der Waals surface area contributed by atoms with Crippen LogP contribution in [0.1, 0.15) is 47.5 Å². The zero-order chi connectivity index (χ0) is 11.9. The van der Waals surface area contributed by atoms with Gasteiger partial charge in [0.15, 0.2) is 0 Å². The second-order valence-corrected chi connectivity index (χ2v) is 7.27. The van der Waals surface area contributed by atoms with Gasteiger partial charge in [-0.2, -0.15) is 0 Å². The molecule has 0 unspecified atom stereocenters. The summed E-state index contributed by atoms with van der Waals surface area (Å²) in [5.74, 6) is -0.233. The Hall–Kier alpha value is 0.160. The lowest BCUT2D eigenvalue weighted by Crippen LogP contribution is -2.61. The van der Waals surface area contributed by atoms with Crippen LogP contribution in [0.3, 0.4) is 0 Å². The zero-order valence-electron chi connectivity index (χ0n) is 10.1. The molecule has 15 heavy (non-hydrogen) atoms. The molecule has 1 aliphatic rings. The summed E-state index contributed by atoms with van der Waals surface area (Å²) in [4.78, 5) is 16.5. The lowest BCUT2D eigenvalue weighted by Gasteiger charge is -2.51. The van der Waals surface area contributed by atoms with Gasteiger partial charge in [0, 0.05) is 10.8 Å². The van der Waals surface area contributed by atoms with E-state index >= 15 is 0 Å². The van der Waals surface area contributed by atoms with Crippen molar-refractivity contribution in [2.45, 2.75) is 62.5 Å². The Bertz CT molecular complexity index is 245. The van der Waals surface area contributed by atoms with E-state index in [1.54, 1.807) is 0 Å². The molecule has 0 aliphatic carbocycles. The van der Waals surface area contributed by atoms with Gasteiger partial charge in [-0.3, -0.25) is 4.79 Å². The van der Waals surface area contributed by atoms with Gasteiger partial charge in [-0.25, -0.2) is 0 Å². The molecule has 0 spiro atoms. The lowest BCUT2D eigenvalue weighted by atomic mass is 9.82. The van der Waals surface area contributed by atoms with Crippen LogP contribution in [0.5, 0.6) is 0 Å². The molecule has 0 saturated carbocycles. The van der Waals surface area contributed by atoms with Crippen LogP contribution in [0, 0.1) is 0 Å². The monoisotopic (exact) mass is 325 g/mol. The molecule has 88 valence electrons. The molecule has 3 nitrogen and oxygen atoms in total. The van der Waals surface area contributed by atoms with Crippen molar-refractivity contribution in [2.75, 3.05) is 0 Å². The first-order chi connectivity index (χ1) is 6.65. The molecule has 0 amide bonds. The van der Waals surface area contributed by atoms with Gasteiger partial charge in [-0.1, -0.05) is 22.6 Å². The number of nitrogens with zero attached hydrogens (tertiary/aromatic N) is 1. The van der Waals surface area contributed by atoms with Gasteiger partial charge < -0.3 is 4.84 Å². The van der Waals surface area contributed by atoms with E-state index in [1.807, 2.05) is 5.06 Å². The first-order valence-electron chi connectivity index (χ1n) is 5.28. The molecule has 1 saturated heterocycles. The number of piperidine rings is 1. The predicted octanol–water partition coefficient (Wildman–Crippen LogP) is 2.92. The molecule has 1 fully saturated rings. The SMILES string of the molecule is CC(=O)ON1C(C)(C)CC(I)CC1(C)C. The highest BCUT2D eigenvalue weighted by Gasteiger charge is 2.47. The summed E-state index contributed by atoms with van der Waals surface area (Å²) >= 11 is 2.48. The normalized spacial score (nSPS) is 26.3. The van der Waals surface area contributed by atoms with E-state index in [1.165, 1.54) is 6.92 Å². The fourth-order valence-electron chi connectivity index (χ4n) is 2.52. The molecule has 0 aromatic heterocycles. The Morgan fingerprint density at radius 2 is 1.67 bits per heavy atom. The fourth-order valence-corrected chi connectivity index (χ4v) is 4.67. The summed E-state index contributed by atoms with van der Waals surface area (Å²) in [7, 11) is 0. The third kappa shape index (κ3) is 3.06. The van der Waals surface area contributed by atoms with Crippen molar-refractivity contribution in [3.05, 3.63) is 0 Å². The number of carbonyl (C=O) groups excluding carboxylic acids is 1. The standard InChI is InChI=1S/C11H20INO2/c1-8(14)15-13-10(2,3)6-9(12)7-11(13,4)5/h9H,6-7H2,1-5H3. The molecule has 0 bridgehead atoms. The van der Waals surface area contributed by atoms with E-state index in [4.69, 9.17) is 4.84 Å². The zero-order valence-corrected chi connectivity index (χ0v) is 12.3. The van der Waals surface area contributed by atoms with E-state index in [9.17, 15) is 4.79 Å². The Balaban J connectivity index is 2.92. The average molecular weight is 325 g/mol. The molecule has 1 heterocycles. The Labute approximate surface area is 106 Å². The van der Waals surface area contributed by atoms with Gasteiger partial charge in [0.05, 0.1) is 11.1 Å². The van der Waals surface area contributed by atoms with Gasteiger partial charge in [0.25, 0.3) is 0 Å². The van der Waals surface area contributed by atoms with Crippen LogP contribution in [-0.4, -0.2) is 26.0 Å². The fraction of sp³-hybridized carbons (Fsp3) is 0.909.